The summed E-state index contributed by atoms with van der Waals surface area (Å²) in [5, 5.41) is 8.89. The van der Waals surface area contributed by atoms with Crippen LogP contribution in [-0.2, 0) is 11.2 Å². The van der Waals surface area contributed by atoms with E-state index in [-0.39, 0.29) is 6.42 Å². The van der Waals surface area contributed by atoms with Crippen LogP contribution in [0, 0.1) is 6.92 Å². The number of nitrogens with zero attached hydrogens (tertiary/aromatic N) is 2. The van der Waals surface area contributed by atoms with Gasteiger partial charge in [0.2, 0.25) is 0 Å². The van der Waals surface area contributed by atoms with Crippen molar-refractivity contribution in [3.8, 4) is 5.69 Å². The molecule has 0 aliphatic carbocycles. The maximum absolute atomic E-state index is 10.8. The first kappa shape index (κ1) is 11.9. The second-order valence-electron chi connectivity index (χ2n) is 3.70. The number of rotatable bonds is 3. The van der Waals surface area contributed by atoms with Crippen molar-refractivity contribution >= 4 is 21.9 Å². The van der Waals surface area contributed by atoms with E-state index in [0.717, 1.165) is 15.9 Å². The Bertz CT molecular complexity index is 563. The summed E-state index contributed by atoms with van der Waals surface area (Å²) >= 11 is 3.39. The molecule has 0 aliphatic rings. The number of aromatic nitrogens is 2. The molecule has 0 aliphatic heterocycles. The Labute approximate surface area is 107 Å². The van der Waals surface area contributed by atoms with Crippen molar-refractivity contribution in [3.05, 3.63) is 46.5 Å². The number of carbonyl (C=O) groups is 1. The number of carboxylic acid groups (broad SMARTS) is 1. The number of aryl methyl sites for hydroxylation is 1. The second-order valence-corrected chi connectivity index (χ2v) is 4.61. The molecule has 0 spiro atoms. The molecule has 2 rings (SSSR count). The summed E-state index contributed by atoms with van der Waals surface area (Å²) in [7, 11) is 0. The van der Waals surface area contributed by atoms with Gasteiger partial charge in [0, 0.05) is 10.2 Å². The van der Waals surface area contributed by atoms with Gasteiger partial charge in [-0.3, -0.25) is 4.79 Å². The third kappa shape index (κ3) is 2.55. The Morgan fingerprint density at radius 1 is 1.53 bits per heavy atom. The Morgan fingerprint density at radius 3 is 2.94 bits per heavy atom. The van der Waals surface area contributed by atoms with Crippen LogP contribution in [0.15, 0.2) is 35.1 Å². The highest BCUT2D eigenvalue weighted by Gasteiger charge is 2.12. The SMILES string of the molecule is Cc1ncn(-c2cccc(Br)c2)c1CC(=O)O. The normalized spacial score (nSPS) is 10.5. The van der Waals surface area contributed by atoms with E-state index in [2.05, 4.69) is 20.9 Å². The lowest BCUT2D eigenvalue weighted by Gasteiger charge is -2.07. The molecule has 1 aromatic carbocycles. The molecule has 0 saturated carbocycles. The molecule has 0 amide bonds. The Morgan fingerprint density at radius 2 is 2.29 bits per heavy atom. The van der Waals surface area contributed by atoms with Crippen LogP contribution in [0.25, 0.3) is 5.69 Å². The minimum absolute atomic E-state index is 0.0294. The van der Waals surface area contributed by atoms with Crippen LogP contribution in [0.3, 0.4) is 0 Å². The van der Waals surface area contributed by atoms with Crippen LogP contribution in [0.5, 0.6) is 0 Å². The van der Waals surface area contributed by atoms with Crippen LogP contribution in [0.1, 0.15) is 11.4 Å². The summed E-state index contributed by atoms with van der Waals surface area (Å²) in [5.41, 5.74) is 2.35. The average molecular weight is 295 g/mol. The summed E-state index contributed by atoms with van der Waals surface area (Å²) in [6.45, 7) is 1.81. The Balaban J connectivity index is 2.48. The monoisotopic (exact) mass is 294 g/mol. The van der Waals surface area contributed by atoms with Gasteiger partial charge in [-0.2, -0.15) is 0 Å². The summed E-state index contributed by atoms with van der Waals surface area (Å²) in [5.74, 6) is -0.857. The van der Waals surface area contributed by atoms with Gasteiger partial charge in [-0.05, 0) is 25.1 Å². The van der Waals surface area contributed by atoms with E-state index >= 15 is 0 Å². The molecule has 1 heterocycles. The predicted octanol–water partition coefficient (Wildman–Crippen LogP) is 2.57. The van der Waals surface area contributed by atoms with E-state index in [1.54, 1.807) is 10.9 Å². The van der Waals surface area contributed by atoms with Crippen molar-refractivity contribution in [2.24, 2.45) is 0 Å². The highest BCUT2D eigenvalue weighted by molar-refractivity contribution is 9.10. The number of aliphatic carboxylic acids is 1. The van der Waals surface area contributed by atoms with Gasteiger partial charge in [0.15, 0.2) is 0 Å². The fraction of sp³-hybridized carbons (Fsp3) is 0.167. The Hall–Kier alpha value is -1.62. The number of hydrogen-bond donors (Lipinski definition) is 1. The molecule has 1 N–H and O–H groups in total. The molecule has 5 heteroatoms. The highest BCUT2D eigenvalue weighted by atomic mass is 79.9. The van der Waals surface area contributed by atoms with E-state index < -0.39 is 5.97 Å². The number of halogens is 1. The van der Waals surface area contributed by atoms with Gasteiger partial charge in [-0.1, -0.05) is 22.0 Å². The van der Waals surface area contributed by atoms with E-state index in [1.165, 1.54) is 0 Å². The fourth-order valence-electron chi connectivity index (χ4n) is 1.67. The number of imidazole rings is 1. The van der Waals surface area contributed by atoms with Crippen molar-refractivity contribution in [1.29, 1.82) is 0 Å². The molecule has 0 atom stereocenters. The summed E-state index contributed by atoms with van der Waals surface area (Å²) < 4.78 is 2.75. The molecular weight excluding hydrogens is 284 g/mol. The number of carboxylic acids is 1. The lowest BCUT2D eigenvalue weighted by molar-refractivity contribution is -0.136. The van der Waals surface area contributed by atoms with Gasteiger partial charge in [-0.25, -0.2) is 4.98 Å². The predicted molar refractivity (Wildman–Crippen MR) is 67.3 cm³/mol. The largest absolute Gasteiger partial charge is 0.481 e. The molecule has 0 fully saturated rings. The minimum atomic E-state index is -0.857. The topological polar surface area (TPSA) is 55.1 Å². The zero-order valence-corrected chi connectivity index (χ0v) is 10.8. The van der Waals surface area contributed by atoms with Crippen molar-refractivity contribution in [2.75, 3.05) is 0 Å². The quantitative estimate of drug-likeness (QED) is 0.947. The van der Waals surface area contributed by atoms with Gasteiger partial charge in [0.1, 0.15) is 0 Å². The number of hydrogen-bond acceptors (Lipinski definition) is 2. The summed E-state index contributed by atoms with van der Waals surface area (Å²) in [6.07, 6.45) is 1.62. The van der Waals surface area contributed by atoms with Crippen LogP contribution in [-0.4, -0.2) is 20.6 Å². The molecule has 1 aromatic heterocycles. The van der Waals surface area contributed by atoms with Crippen molar-refractivity contribution in [3.63, 3.8) is 0 Å². The Kier molecular flexibility index (Phi) is 3.28. The van der Waals surface area contributed by atoms with E-state index in [9.17, 15) is 4.79 Å². The minimum Gasteiger partial charge on any atom is -0.481 e. The van der Waals surface area contributed by atoms with Gasteiger partial charge in [0.05, 0.1) is 24.1 Å². The van der Waals surface area contributed by atoms with E-state index in [0.29, 0.717) is 5.69 Å². The summed E-state index contributed by atoms with van der Waals surface area (Å²) in [4.78, 5) is 15.0. The number of benzene rings is 1. The molecule has 4 nitrogen and oxygen atoms in total. The molecular formula is C12H11BrN2O2. The van der Waals surface area contributed by atoms with Crippen molar-refractivity contribution in [1.82, 2.24) is 9.55 Å². The van der Waals surface area contributed by atoms with Crippen LogP contribution < -0.4 is 0 Å². The molecule has 0 unspecified atom stereocenters. The van der Waals surface area contributed by atoms with Gasteiger partial charge in [0.25, 0.3) is 0 Å². The fourth-order valence-corrected chi connectivity index (χ4v) is 2.05. The lowest BCUT2D eigenvalue weighted by atomic mass is 10.2. The van der Waals surface area contributed by atoms with Gasteiger partial charge in [-0.15, -0.1) is 0 Å². The third-order valence-corrected chi connectivity index (χ3v) is 2.97. The zero-order chi connectivity index (χ0) is 12.4. The van der Waals surface area contributed by atoms with Crippen LogP contribution >= 0.6 is 15.9 Å². The molecule has 17 heavy (non-hydrogen) atoms. The van der Waals surface area contributed by atoms with Gasteiger partial charge >= 0.3 is 5.97 Å². The second kappa shape index (κ2) is 4.71. The molecule has 2 aromatic rings. The van der Waals surface area contributed by atoms with Crippen LogP contribution in [0.4, 0.5) is 0 Å². The van der Waals surface area contributed by atoms with E-state index in [1.807, 2.05) is 31.2 Å². The standard InChI is InChI=1S/C12H11BrN2O2/c1-8-11(6-12(16)17)15(7-14-8)10-4-2-3-9(13)5-10/h2-5,7H,6H2,1H3,(H,16,17). The average Bonchev–Trinajstić information content (AvgIpc) is 2.60. The van der Waals surface area contributed by atoms with Crippen molar-refractivity contribution < 1.29 is 9.90 Å². The first-order valence-electron chi connectivity index (χ1n) is 5.08. The third-order valence-electron chi connectivity index (χ3n) is 2.48. The summed E-state index contributed by atoms with van der Waals surface area (Å²) in [6, 6.07) is 7.66. The maximum Gasteiger partial charge on any atom is 0.309 e. The molecule has 0 bridgehead atoms. The lowest BCUT2D eigenvalue weighted by Crippen LogP contribution is -2.07. The van der Waals surface area contributed by atoms with Crippen LogP contribution in [0.2, 0.25) is 0 Å². The smallest absolute Gasteiger partial charge is 0.309 e. The van der Waals surface area contributed by atoms with E-state index in [4.69, 9.17) is 5.11 Å². The maximum atomic E-state index is 10.8. The molecule has 88 valence electrons. The first-order chi connectivity index (χ1) is 8.08. The molecule has 0 saturated heterocycles. The highest BCUT2D eigenvalue weighted by Crippen LogP contribution is 2.19. The van der Waals surface area contributed by atoms with Crippen molar-refractivity contribution in [2.45, 2.75) is 13.3 Å². The van der Waals surface area contributed by atoms with Gasteiger partial charge < -0.3 is 9.67 Å². The zero-order valence-electron chi connectivity index (χ0n) is 9.22. The molecule has 0 radical (unpaired) electrons. The first-order valence-corrected chi connectivity index (χ1v) is 5.88.